The zero-order valence-electron chi connectivity index (χ0n) is 15.3. The van der Waals surface area contributed by atoms with Gasteiger partial charge in [-0.05, 0) is 12.8 Å². The highest BCUT2D eigenvalue weighted by Crippen LogP contribution is 2.31. The molecule has 0 spiro atoms. The average molecular weight is 362 g/mol. The van der Waals surface area contributed by atoms with E-state index in [1.54, 1.807) is 0 Å². The third kappa shape index (κ3) is 6.60. The zero-order valence-corrected chi connectivity index (χ0v) is 15.3. The molecule has 0 aliphatic carbocycles. The van der Waals surface area contributed by atoms with Gasteiger partial charge in [-0.1, -0.05) is 45.4 Å². The fraction of sp³-hybridized carbons (Fsp3) is 0.684. The number of ether oxygens (including phenoxy) is 2. The predicted molar refractivity (Wildman–Crippen MR) is 90.5 cm³/mol. The van der Waals surface area contributed by atoms with Gasteiger partial charge in [0.2, 0.25) is 0 Å². The first-order chi connectivity index (χ1) is 11.9. The average Bonchev–Trinajstić information content (AvgIpc) is 2.58. The van der Waals surface area contributed by atoms with Gasteiger partial charge in [0.05, 0.1) is 0 Å². The summed E-state index contributed by atoms with van der Waals surface area (Å²) in [4.78, 5) is 0. The van der Waals surface area contributed by atoms with Crippen LogP contribution in [0.2, 0.25) is 0 Å². The molecule has 0 saturated carbocycles. The number of rotatable bonds is 12. The first-order valence-corrected chi connectivity index (χ1v) is 8.84. The van der Waals surface area contributed by atoms with Crippen molar-refractivity contribution in [3.63, 3.8) is 0 Å². The van der Waals surface area contributed by atoms with E-state index >= 15 is 0 Å². The van der Waals surface area contributed by atoms with Gasteiger partial charge in [0.25, 0.3) is 5.97 Å². The topological polar surface area (TPSA) is 38.7 Å². The molecule has 1 N–H and O–H groups in total. The molecule has 6 heteroatoms. The van der Waals surface area contributed by atoms with Crippen LogP contribution in [-0.2, 0) is 15.9 Å². The normalized spacial score (nSPS) is 13.2. The fourth-order valence-electron chi connectivity index (χ4n) is 3.01. The summed E-state index contributed by atoms with van der Waals surface area (Å²) < 4.78 is 51.1. The van der Waals surface area contributed by atoms with E-state index in [-0.39, 0.29) is 12.0 Å². The standard InChI is InChI=1S/C19H29F3O3/c1-4-5-6-7-8-9-10-14(19(23,24-2)25-3)11-16-17(21)12-15(20)13-18(16)22/h12-14,23H,4-11H2,1-3H3. The molecular formula is C19H29F3O3. The molecule has 1 aromatic rings. The number of unbranched alkanes of at least 4 members (excludes halogenated alkanes) is 5. The Balaban J connectivity index is 2.82. The van der Waals surface area contributed by atoms with Crippen molar-refractivity contribution in [2.75, 3.05) is 14.2 Å². The van der Waals surface area contributed by atoms with E-state index in [9.17, 15) is 18.3 Å². The molecule has 1 rings (SSSR count). The monoisotopic (exact) mass is 362 g/mol. The minimum atomic E-state index is -1.95. The van der Waals surface area contributed by atoms with E-state index in [2.05, 4.69) is 6.92 Å². The summed E-state index contributed by atoms with van der Waals surface area (Å²) in [6.45, 7) is 2.14. The SMILES string of the molecule is CCCCCCCCC(Cc1c(F)cc(F)cc1F)C(O)(OC)OC. The van der Waals surface area contributed by atoms with Crippen LogP contribution in [-0.4, -0.2) is 25.3 Å². The summed E-state index contributed by atoms with van der Waals surface area (Å²) in [7, 11) is 2.55. The Bertz CT molecular complexity index is 496. The molecule has 0 radical (unpaired) electrons. The molecule has 0 aliphatic rings. The minimum Gasteiger partial charge on any atom is -0.343 e. The fourth-order valence-corrected chi connectivity index (χ4v) is 3.01. The molecule has 0 bridgehead atoms. The number of hydrogen-bond donors (Lipinski definition) is 1. The van der Waals surface area contributed by atoms with Gasteiger partial charge in [0, 0.05) is 37.8 Å². The largest absolute Gasteiger partial charge is 0.343 e. The van der Waals surface area contributed by atoms with Gasteiger partial charge in [-0.25, -0.2) is 13.2 Å². The molecule has 1 unspecified atom stereocenters. The lowest BCUT2D eigenvalue weighted by molar-refractivity contribution is -0.368. The van der Waals surface area contributed by atoms with Gasteiger partial charge in [-0.15, -0.1) is 0 Å². The lowest BCUT2D eigenvalue weighted by Crippen LogP contribution is -2.43. The number of aliphatic hydroxyl groups is 1. The lowest BCUT2D eigenvalue weighted by atomic mass is 9.90. The maximum Gasteiger partial charge on any atom is 0.283 e. The molecule has 0 saturated heterocycles. The highest BCUT2D eigenvalue weighted by atomic mass is 19.1. The third-order valence-corrected chi connectivity index (χ3v) is 4.56. The van der Waals surface area contributed by atoms with Gasteiger partial charge >= 0.3 is 0 Å². The van der Waals surface area contributed by atoms with Crippen LogP contribution < -0.4 is 0 Å². The van der Waals surface area contributed by atoms with Gasteiger partial charge in [0.15, 0.2) is 0 Å². The molecule has 3 nitrogen and oxygen atoms in total. The molecular weight excluding hydrogens is 333 g/mol. The van der Waals surface area contributed by atoms with Crippen LogP contribution in [0.15, 0.2) is 12.1 Å². The molecule has 0 amide bonds. The smallest absolute Gasteiger partial charge is 0.283 e. The van der Waals surface area contributed by atoms with E-state index < -0.39 is 29.3 Å². The quantitative estimate of drug-likeness (QED) is 0.422. The van der Waals surface area contributed by atoms with Crippen molar-refractivity contribution in [3.05, 3.63) is 35.1 Å². The zero-order chi connectivity index (χ0) is 18.9. The summed E-state index contributed by atoms with van der Waals surface area (Å²) in [6, 6.07) is 1.28. The van der Waals surface area contributed by atoms with E-state index in [1.165, 1.54) is 20.6 Å². The molecule has 1 aromatic carbocycles. The molecule has 144 valence electrons. The summed E-state index contributed by atoms with van der Waals surface area (Å²) in [5.74, 6) is -5.54. The van der Waals surface area contributed by atoms with Crippen LogP contribution in [0.25, 0.3) is 0 Å². The van der Waals surface area contributed by atoms with Crippen LogP contribution in [0.3, 0.4) is 0 Å². The number of halogens is 3. The maximum absolute atomic E-state index is 14.0. The van der Waals surface area contributed by atoms with Crippen LogP contribution >= 0.6 is 0 Å². The second kappa shape index (κ2) is 10.8. The van der Waals surface area contributed by atoms with Crippen LogP contribution in [0.4, 0.5) is 13.2 Å². The Morgan fingerprint density at radius 3 is 2.00 bits per heavy atom. The first kappa shape index (κ1) is 21.9. The van der Waals surface area contributed by atoms with E-state index in [1.807, 2.05) is 0 Å². The Hall–Kier alpha value is -1.11. The van der Waals surface area contributed by atoms with Gasteiger partial charge in [-0.3, -0.25) is 0 Å². The molecule has 0 aromatic heterocycles. The molecule has 0 aliphatic heterocycles. The van der Waals surface area contributed by atoms with E-state index in [4.69, 9.17) is 9.47 Å². The summed E-state index contributed by atoms with van der Waals surface area (Å²) in [5, 5.41) is 10.5. The molecule has 1 atom stereocenters. The molecule has 0 heterocycles. The lowest BCUT2D eigenvalue weighted by Gasteiger charge is -2.33. The highest BCUT2D eigenvalue weighted by molar-refractivity contribution is 5.21. The Labute approximate surface area is 148 Å². The van der Waals surface area contributed by atoms with Crippen molar-refractivity contribution in [3.8, 4) is 0 Å². The van der Waals surface area contributed by atoms with Crippen molar-refractivity contribution >= 4 is 0 Å². The predicted octanol–water partition coefficient (Wildman–Crippen LogP) is 4.95. The molecule has 25 heavy (non-hydrogen) atoms. The Morgan fingerprint density at radius 1 is 0.960 bits per heavy atom. The van der Waals surface area contributed by atoms with Crippen molar-refractivity contribution in [2.45, 2.75) is 64.3 Å². The Kier molecular flexibility index (Phi) is 9.46. The Morgan fingerprint density at radius 2 is 1.48 bits per heavy atom. The number of methoxy groups -OCH3 is 2. The number of benzene rings is 1. The summed E-state index contributed by atoms with van der Waals surface area (Å²) >= 11 is 0. The second-order valence-electron chi connectivity index (χ2n) is 6.34. The highest BCUT2D eigenvalue weighted by Gasteiger charge is 2.38. The summed E-state index contributed by atoms with van der Waals surface area (Å²) in [5.41, 5.74) is -0.273. The second-order valence-corrected chi connectivity index (χ2v) is 6.34. The van der Waals surface area contributed by atoms with Crippen molar-refractivity contribution in [2.24, 2.45) is 5.92 Å². The van der Waals surface area contributed by atoms with Gasteiger partial charge in [-0.2, -0.15) is 0 Å². The van der Waals surface area contributed by atoms with Crippen molar-refractivity contribution in [1.82, 2.24) is 0 Å². The summed E-state index contributed by atoms with van der Waals surface area (Å²) in [6.07, 6.45) is 6.58. The minimum absolute atomic E-state index is 0.148. The van der Waals surface area contributed by atoms with Crippen molar-refractivity contribution in [1.29, 1.82) is 0 Å². The van der Waals surface area contributed by atoms with E-state index in [0.717, 1.165) is 32.1 Å². The van der Waals surface area contributed by atoms with Crippen LogP contribution in [0.1, 0.15) is 57.4 Å². The molecule has 0 fully saturated rings. The van der Waals surface area contributed by atoms with E-state index in [0.29, 0.717) is 18.6 Å². The van der Waals surface area contributed by atoms with Crippen molar-refractivity contribution < 1.29 is 27.8 Å². The van der Waals surface area contributed by atoms with Gasteiger partial charge in [0.1, 0.15) is 17.5 Å². The third-order valence-electron chi connectivity index (χ3n) is 4.56. The number of hydrogen-bond acceptors (Lipinski definition) is 3. The van der Waals surface area contributed by atoms with Crippen LogP contribution in [0.5, 0.6) is 0 Å². The maximum atomic E-state index is 14.0. The van der Waals surface area contributed by atoms with Crippen LogP contribution in [0, 0.1) is 23.4 Å². The van der Waals surface area contributed by atoms with Gasteiger partial charge < -0.3 is 14.6 Å². The first-order valence-electron chi connectivity index (χ1n) is 8.84.